The molecular formula is C26H30Cl2N4O3S. The lowest BCUT2D eigenvalue weighted by Crippen LogP contribution is -2.28. The zero-order valence-electron chi connectivity index (χ0n) is 20.8. The number of anilines is 3. The molecule has 0 amide bonds. The first-order chi connectivity index (χ1) is 17.5. The molecule has 7 nitrogen and oxygen atoms in total. The fourth-order valence-electron chi connectivity index (χ4n) is 3.98. The van der Waals surface area contributed by atoms with Crippen LogP contribution in [0.2, 0.25) is 10.0 Å². The summed E-state index contributed by atoms with van der Waals surface area (Å²) >= 11 is 14.9. The Hall–Kier alpha value is -2.65. The summed E-state index contributed by atoms with van der Waals surface area (Å²) in [6, 6.07) is 11.6. The topological polar surface area (TPSA) is 58.6 Å². The van der Waals surface area contributed by atoms with Crippen LogP contribution in [0.15, 0.2) is 46.8 Å². The minimum Gasteiger partial charge on any atom is -0.495 e. The third-order valence-electron chi connectivity index (χ3n) is 6.03. The Morgan fingerprint density at radius 3 is 2.31 bits per heavy atom. The summed E-state index contributed by atoms with van der Waals surface area (Å²) < 4.78 is 16.8. The van der Waals surface area contributed by atoms with Gasteiger partial charge in [-0.2, -0.15) is 0 Å². The summed E-state index contributed by atoms with van der Waals surface area (Å²) in [6.45, 7) is 8.27. The molecule has 0 saturated carbocycles. The first-order valence-electron chi connectivity index (χ1n) is 11.7. The highest BCUT2D eigenvalue weighted by Gasteiger charge is 2.29. The second-order valence-corrected chi connectivity index (χ2v) is 9.67. The van der Waals surface area contributed by atoms with Gasteiger partial charge in [-0.15, -0.1) is 11.3 Å². The highest BCUT2D eigenvalue weighted by molar-refractivity contribution is 7.13. The summed E-state index contributed by atoms with van der Waals surface area (Å²) in [7, 11) is 3.12. The number of hydrogen-bond donors (Lipinski definition) is 1. The number of thiophene rings is 1. The summed E-state index contributed by atoms with van der Waals surface area (Å²) in [5.74, 6) is 2.60. The summed E-state index contributed by atoms with van der Waals surface area (Å²) in [5.41, 5.74) is 2.48. The molecule has 3 aromatic rings. The molecule has 0 saturated heterocycles. The average Bonchev–Trinajstić information content (AvgIpc) is 3.40. The van der Waals surface area contributed by atoms with Crippen LogP contribution in [0.5, 0.6) is 17.2 Å². The predicted octanol–water partition coefficient (Wildman–Crippen LogP) is 6.76. The van der Waals surface area contributed by atoms with E-state index in [2.05, 4.69) is 24.1 Å². The molecule has 0 unspecified atom stereocenters. The van der Waals surface area contributed by atoms with E-state index in [4.69, 9.17) is 42.4 Å². The summed E-state index contributed by atoms with van der Waals surface area (Å²) in [6.07, 6.45) is 0. The van der Waals surface area contributed by atoms with Gasteiger partial charge in [0.1, 0.15) is 46.4 Å². The van der Waals surface area contributed by atoms with Gasteiger partial charge in [-0.3, -0.25) is 0 Å². The Morgan fingerprint density at radius 2 is 1.69 bits per heavy atom. The number of likely N-dealkylation sites (N-methyl/N-ethyl adjacent to an activating group) is 1. The molecule has 1 aromatic heterocycles. The summed E-state index contributed by atoms with van der Waals surface area (Å²) in [5, 5.41) is 6.28. The number of hydrogen-bond acceptors (Lipinski definition) is 8. The lowest BCUT2D eigenvalue weighted by atomic mass is 10.2. The van der Waals surface area contributed by atoms with E-state index in [1.54, 1.807) is 31.6 Å². The quantitative estimate of drug-likeness (QED) is 0.302. The van der Waals surface area contributed by atoms with Crippen LogP contribution in [-0.2, 0) is 0 Å². The van der Waals surface area contributed by atoms with E-state index in [1.807, 2.05) is 40.6 Å². The second kappa shape index (κ2) is 12.1. The number of amidine groups is 1. The molecule has 2 heterocycles. The van der Waals surface area contributed by atoms with Crippen molar-refractivity contribution in [1.82, 2.24) is 4.90 Å². The first kappa shape index (κ1) is 26.4. The Morgan fingerprint density at radius 1 is 1.03 bits per heavy atom. The van der Waals surface area contributed by atoms with Crippen molar-refractivity contribution in [3.05, 3.63) is 56.7 Å². The van der Waals surface area contributed by atoms with E-state index in [-0.39, 0.29) is 0 Å². The molecule has 1 N–H and O–H groups in total. The SMILES string of the molecule is CCN(CC)CCOc1ccc(NC2=NCN(c3c(Cl)c(OC)cc(OC)c3Cl)c3ccsc32)cc1. The molecule has 0 radical (unpaired) electrons. The molecule has 192 valence electrons. The smallest absolute Gasteiger partial charge is 0.146 e. The van der Waals surface area contributed by atoms with Crippen molar-refractivity contribution in [2.45, 2.75) is 13.8 Å². The van der Waals surface area contributed by atoms with Crippen LogP contribution in [-0.4, -0.2) is 57.9 Å². The number of aliphatic imine (C=N–C) groups is 1. The lowest BCUT2D eigenvalue weighted by molar-refractivity contribution is 0.223. The van der Waals surface area contributed by atoms with Crippen molar-refractivity contribution in [2.24, 2.45) is 4.99 Å². The molecule has 36 heavy (non-hydrogen) atoms. The van der Waals surface area contributed by atoms with E-state index in [1.165, 1.54) is 0 Å². The molecule has 0 bridgehead atoms. The Labute approximate surface area is 226 Å². The largest absolute Gasteiger partial charge is 0.495 e. The molecule has 0 spiro atoms. The highest BCUT2D eigenvalue weighted by Crippen LogP contribution is 2.49. The van der Waals surface area contributed by atoms with Gasteiger partial charge in [-0.05, 0) is 48.8 Å². The van der Waals surface area contributed by atoms with Gasteiger partial charge in [0.15, 0.2) is 0 Å². The molecule has 2 aromatic carbocycles. The maximum absolute atomic E-state index is 6.68. The van der Waals surface area contributed by atoms with E-state index < -0.39 is 0 Å². The number of fused-ring (bicyclic) bond motifs is 1. The fraction of sp³-hybridized carbons (Fsp3) is 0.346. The number of halogens is 2. The van der Waals surface area contributed by atoms with Crippen LogP contribution in [0.1, 0.15) is 18.7 Å². The van der Waals surface area contributed by atoms with Gasteiger partial charge in [-0.25, -0.2) is 4.99 Å². The van der Waals surface area contributed by atoms with Crippen molar-refractivity contribution in [3.63, 3.8) is 0 Å². The van der Waals surface area contributed by atoms with Crippen LogP contribution in [0.4, 0.5) is 17.1 Å². The van der Waals surface area contributed by atoms with E-state index in [0.29, 0.717) is 40.5 Å². The van der Waals surface area contributed by atoms with Gasteiger partial charge < -0.3 is 29.3 Å². The minimum absolute atomic E-state index is 0.328. The van der Waals surface area contributed by atoms with Crippen LogP contribution in [0.3, 0.4) is 0 Å². The molecule has 0 atom stereocenters. The number of nitrogens with zero attached hydrogens (tertiary/aromatic N) is 3. The van der Waals surface area contributed by atoms with Gasteiger partial charge >= 0.3 is 0 Å². The third-order valence-corrected chi connectivity index (χ3v) is 7.67. The molecule has 1 aliphatic rings. The van der Waals surface area contributed by atoms with Gasteiger partial charge in [0.25, 0.3) is 0 Å². The maximum Gasteiger partial charge on any atom is 0.146 e. The first-order valence-corrected chi connectivity index (χ1v) is 13.4. The number of methoxy groups -OCH3 is 2. The molecule has 4 rings (SSSR count). The van der Waals surface area contributed by atoms with Gasteiger partial charge in [0.2, 0.25) is 0 Å². The molecule has 1 aliphatic heterocycles. The summed E-state index contributed by atoms with van der Waals surface area (Å²) in [4.78, 5) is 10.1. The van der Waals surface area contributed by atoms with Crippen molar-refractivity contribution >= 4 is 57.4 Å². The number of nitrogens with one attached hydrogen (secondary N) is 1. The second-order valence-electron chi connectivity index (χ2n) is 7.99. The normalized spacial score (nSPS) is 12.9. The standard InChI is InChI=1S/C26H30Cl2N4O3S/c1-5-31(6-2)12-13-35-18-9-7-17(8-10-18)30-26-25-19(11-14-36-25)32(16-29-26)24-22(27)20(33-3)15-21(34-4)23(24)28/h7-11,14-15H,5-6,12-13,16H2,1-4H3,(H,29,30). The van der Waals surface area contributed by atoms with Gasteiger partial charge in [0.05, 0.1) is 30.5 Å². The number of benzene rings is 2. The van der Waals surface area contributed by atoms with E-state index in [0.717, 1.165) is 47.5 Å². The zero-order chi connectivity index (χ0) is 25.7. The highest BCUT2D eigenvalue weighted by atomic mass is 35.5. The zero-order valence-corrected chi connectivity index (χ0v) is 23.1. The Balaban J connectivity index is 1.51. The molecule has 0 fully saturated rings. The van der Waals surface area contributed by atoms with Gasteiger partial charge in [-0.1, -0.05) is 37.0 Å². The third kappa shape index (κ3) is 5.52. The monoisotopic (exact) mass is 548 g/mol. The molecular weight excluding hydrogens is 519 g/mol. The average molecular weight is 550 g/mol. The van der Waals surface area contributed by atoms with Gasteiger partial charge in [0, 0.05) is 18.3 Å². The van der Waals surface area contributed by atoms with E-state index in [9.17, 15) is 0 Å². The predicted molar refractivity (Wildman–Crippen MR) is 151 cm³/mol. The molecule has 0 aliphatic carbocycles. The molecule has 10 heteroatoms. The lowest BCUT2D eigenvalue weighted by Gasteiger charge is -2.30. The number of ether oxygens (including phenoxy) is 3. The van der Waals surface area contributed by atoms with Crippen LogP contribution in [0.25, 0.3) is 0 Å². The fourth-order valence-corrected chi connectivity index (χ4v) is 5.55. The minimum atomic E-state index is 0.328. The van der Waals surface area contributed by atoms with Crippen LogP contribution in [0, 0.1) is 0 Å². The Bertz CT molecular complexity index is 1180. The van der Waals surface area contributed by atoms with Crippen molar-refractivity contribution in [2.75, 3.05) is 57.3 Å². The van der Waals surface area contributed by atoms with Crippen LogP contribution >= 0.6 is 34.5 Å². The Kier molecular flexibility index (Phi) is 8.85. The number of rotatable bonds is 10. The van der Waals surface area contributed by atoms with E-state index >= 15 is 0 Å². The van der Waals surface area contributed by atoms with Crippen molar-refractivity contribution < 1.29 is 14.2 Å². The van der Waals surface area contributed by atoms with Crippen molar-refractivity contribution in [3.8, 4) is 17.2 Å². The van der Waals surface area contributed by atoms with Crippen LogP contribution < -0.4 is 24.4 Å². The van der Waals surface area contributed by atoms with Crippen molar-refractivity contribution in [1.29, 1.82) is 0 Å². The maximum atomic E-state index is 6.68.